The van der Waals surface area contributed by atoms with Crippen molar-refractivity contribution in [2.75, 3.05) is 0 Å². The predicted octanol–water partition coefficient (Wildman–Crippen LogP) is 0.982. The monoisotopic (exact) mass is 175 g/mol. The number of hydrogen-bond donors (Lipinski definition) is 1. The quantitative estimate of drug-likeness (QED) is 0.557. The van der Waals surface area contributed by atoms with Gasteiger partial charge in [0.25, 0.3) is 0 Å². The van der Waals surface area contributed by atoms with Gasteiger partial charge in [0, 0.05) is 0 Å². The van der Waals surface area contributed by atoms with Crippen molar-refractivity contribution in [3.63, 3.8) is 0 Å². The molecule has 3 nitrogen and oxygen atoms in total. The lowest BCUT2D eigenvalue weighted by molar-refractivity contribution is 0.948. The Kier molecular flexibility index (Phi) is 1.89. The normalized spacial score (nSPS) is 18.0. The fourth-order valence-corrected chi connectivity index (χ4v) is 0.741. The molecular weight excluding hydrogens is 174 g/mol. The molecule has 0 fully saturated rings. The van der Waals surface area contributed by atoms with E-state index >= 15 is 0 Å². The minimum absolute atomic E-state index is 0.286. The molecule has 0 amide bonds. The van der Waals surface area contributed by atoms with Crippen molar-refractivity contribution < 1.29 is 0 Å². The first kappa shape index (κ1) is 6.79. The zero-order valence-corrected chi connectivity index (χ0v) is 6.57. The Bertz CT molecular complexity index is 218. The summed E-state index contributed by atoms with van der Waals surface area (Å²) >= 11 is 14.1. The summed E-state index contributed by atoms with van der Waals surface area (Å²) in [6.45, 7) is 0. The Morgan fingerprint density at radius 1 is 1.22 bits per heavy atom. The minimum Gasteiger partial charge on any atom is -0.247 e. The average Bonchev–Trinajstić information content (AvgIpc) is 1.83. The van der Waals surface area contributed by atoms with Gasteiger partial charge in [-0.15, -0.1) is 5.11 Å². The van der Waals surface area contributed by atoms with Gasteiger partial charge in [0.05, 0.1) is 0 Å². The fourth-order valence-electron chi connectivity index (χ4n) is 0.309. The van der Waals surface area contributed by atoms with E-state index in [1.807, 2.05) is 0 Å². The second kappa shape index (κ2) is 2.51. The molecule has 1 N–H and O–H groups in total. The van der Waals surface area contributed by atoms with Gasteiger partial charge in [0.1, 0.15) is 9.85 Å². The summed E-state index contributed by atoms with van der Waals surface area (Å²) in [5.41, 5.74) is 2.42. The molecule has 0 bridgehead atoms. The molecule has 9 heavy (non-hydrogen) atoms. The number of nitrogens with one attached hydrogen (secondary N) is 1. The number of rotatable bonds is 0. The maximum absolute atomic E-state index is 4.75. The smallest absolute Gasteiger partial charge is 0.171 e. The van der Waals surface area contributed by atoms with E-state index in [4.69, 9.17) is 24.4 Å². The molecule has 1 aliphatic heterocycles. The zero-order valence-electron chi connectivity index (χ0n) is 4.12. The molecule has 1 heterocycles. The summed E-state index contributed by atoms with van der Waals surface area (Å²) < 4.78 is 0. The van der Waals surface area contributed by atoms with Crippen LogP contribution in [0.3, 0.4) is 0 Å². The molecule has 46 valence electrons. The number of nitrogens with zero attached hydrogens (tertiary/aromatic N) is 2. The van der Waals surface area contributed by atoms with Crippen LogP contribution in [-0.4, -0.2) is 14.8 Å². The number of hydrogen-bond acceptors (Lipinski definition) is 4. The molecule has 0 spiro atoms. The van der Waals surface area contributed by atoms with Crippen LogP contribution < -0.4 is 5.43 Å². The molecule has 1 aliphatic rings. The first-order valence-corrected chi connectivity index (χ1v) is 3.23. The van der Waals surface area contributed by atoms with Crippen molar-refractivity contribution in [1.29, 1.82) is 0 Å². The summed E-state index contributed by atoms with van der Waals surface area (Å²) in [5.74, 6) is 0. The molecule has 0 radical (unpaired) electrons. The standard InChI is InChI=1S/C3HN3S3/c7-1-2(8)4-6-5-3(1)9/h(H,4,5,8,9). The van der Waals surface area contributed by atoms with Gasteiger partial charge in [-0.05, 0) is 0 Å². The van der Waals surface area contributed by atoms with Gasteiger partial charge in [-0.3, -0.25) is 0 Å². The van der Waals surface area contributed by atoms with Crippen LogP contribution in [-0.2, 0) is 0 Å². The molecule has 6 heteroatoms. The fraction of sp³-hybridized carbons (Fsp3) is 0. The lowest BCUT2D eigenvalue weighted by Gasteiger charge is -2.05. The largest absolute Gasteiger partial charge is 0.247 e. The van der Waals surface area contributed by atoms with Gasteiger partial charge >= 0.3 is 0 Å². The Morgan fingerprint density at radius 2 is 1.89 bits per heavy atom. The SMILES string of the molecule is S=C1N=NNC(=S)C1=S. The van der Waals surface area contributed by atoms with Gasteiger partial charge in [0.15, 0.2) is 4.99 Å². The van der Waals surface area contributed by atoms with Gasteiger partial charge < -0.3 is 0 Å². The van der Waals surface area contributed by atoms with Gasteiger partial charge in [-0.2, -0.15) is 0 Å². The number of thiocarbonyl (C=S) groups is 3. The third kappa shape index (κ3) is 1.32. The minimum atomic E-state index is 0.286. The topological polar surface area (TPSA) is 36.8 Å². The van der Waals surface area contributed by atoms with E-state index in [1.165, 1.54) is 0 Å². The first-order valence-electron chi connectivity index (χ1n) is 2.01. The van der Waals surface area contributed by atoms with Crippen molar-refractivity contribution in [1.82, 2.24) is 5.43 Å². The summed E-state index contributed by atoms with van der Waals surface area (Å²) in [6, 6.07) is 0. The third-order valence-electron chi connectivity index (χ3n) is 0.693. The van der Waals surface area contributed by atoms with Crippen LogP contribution in [0, 0.1) is 0 Å². The van der Waals surface area contributed by atoms with E-state index in [1.54, 1.807) is 0 Å². The Hall–Kier alpha value is -0.330. The maximum atomic E-state index is 4.75. The highest BCUT2D eigenvalue weighted by atomic mass is 32.1. The van der Waals surface area contributed by atoms with Crippen LogP contribution in [0.5, 0.6) is 0 Å². The highest BCUT2D eigenvalue weighted by Crippen LogP contribution is 1.95. The highest BCUT2D eigenvalue weighted by Gasteiger charge is 2.12. The first-order chi connectivity index (χ1) is 4.22. The molecule has 0 aromatic heterocycles. The maximum Gasteiger partial charge on any atom is 0.171 e. The van der Waals surface area contributed by atoms with Gasteiger partial charge in [-0.25, -0.2) is 5.43 Å². The van der Waals surface area contributed by atoms with Crippen molar-refractivity contribution in [3.05, 3.63) is 0 Å². The van der Waals surface area contributed by atoms with Crippen molar-refractivity contribution in [3.8, 4) is 0 Å². The van der Waals surface area contributed by atoms with Crippen LogP contribution >= 0.6 is 36.7 Å². The molecule has 0 saturated heterocycles. The molecule has 0 saturated carbocycles. The van der Waals surface area contributed by atoms with E-state index in [9.17, 15) is 0 Å². The van der Waals surface area contributed by atoms with Crippen molar-refractivity contribution in [2.45, 2.75) is 0 Å². The summed E-state index contributed by atoms with van der Waals surface area (Å²) in [6.07, 6.45) is 0. The lowest BCUT2D eigenvalue weighted by atomic mass is 10.4. The average molecular weight is 175 g/mol. The van der Waals surface area contributed by atoms with Crippen molar-refractivity contribution in [2.24, 2.45) is 10.3 Å². The molecule has 1 rings (SSSR count). The highest BCUT2D eigenvalue weighted by molar-refractivity contribution is 7.95. The van der Waals surface area contributed by atoms with E-state index in [0.717, 1.165) is 0 Å². The predicted molar refractivity (Wildman–Crippen MR) is 45.8 cm³/mol. The van der Waals surface area contributed by atoms with Gasteiger partial charge in [-0.1, -0.05) is 41.9 Å². The third-order valence-corrected chi connectivity index (χ3v) is 1.93. The molecular formula is C3HN3S3. The van der Waals surface area contributed by atoms with Crippen LogP contribution in [0.2, 0.25) is 0 Å². The summed E-state index contributed by atoms with van der Waals surface area (Å²) in [7, 11) is 0. The van der Waals surface area contributed by atoms with Crippen LogP contribution in [0.1, 0.15) is 0 Å². The van der Waals surface area contributed by atoms with E-state index in [0.29, 0.717) is 9.85 Å². The second-order valence-electron chi connectivity index (χ2n) is 1.28. The van der Waals surface area contributed by atoms with Gasteiger partial charge in [0.2, 0.25) is 0 Å². The lowest BCUT2D eigenvalue weighted by Crippen LogP contribution is -2.31. The van der Waals surface area contributed by atoms with Crippen molar-refractivity contribution >= 4 is 51.5 Å². The van der Waals surface area contributed by atoms with E-state index in [-0.39, 0.29) is 4.99 Å². The van der Waals surface area contributed by atoms with Crippen LogP contribution in [0.25, 0.3) is 0 Å². The molecule has 0 aliphatic carbocycles. The zero-order chi connectivity index (χ0) is 6.85. The molecule has 0 aromatic rings. The Balaban J connectivity index is 2.94. The second-order valence-corrected chi connectivity index (χ2v) is 2.48. The Labute approximate surface area is 67.5 Å². The molecule has 0 aromatic carbocycles. The summed E-state index contributed by atoms with van der Waals surface area (Å²) in [4.78, 5) is 1.06. The van der Waals surface area contributed by atoms with E-state index in [2.05, 4.69) is 28.0 Å². The van der Waals surface area contributed by atoms with E-state index < -0.39 is 0 Å². The summed E-state index contributed by atoms with van der Waals surface area (Å²) in [5, 5.41) is 6.87. The van der Waals surface area contributed by atoms with Crippen LogP contribution in [0.4, 0.5) is 0 Å². The molecule has 0 atom stereocenters. The molecule has 0 unspecified atom stereocenters. The Morgan fingerprint density at radius 3 is 2.33 bits per heavy atom. The van der Waals surface area contributed by atoms with Crippen LogP contribution in [0.15, 0.2) is 10.3 Å².